The molecule has 160 valence electrons. The third-order valence-electron chi connectivity index (χ3n) is 5.12. The van der Waals surface area contributed by atoms with E-state index in [1.54, 1.807) is 12.7 Å². The van der Waals surface area contributed by atoms with Crippen molar-refractivity contribution < 1.29 is 4.74 Å². The Hall–Kier alpha value is -1.68. The average Bonchev–Trinajstić information content (AvgIpc) is 3.23. The number of hydrogen-bond acceptors (Lipinski definition) is 4. The zero-order valence-corrected chi connectivity index (χ0v) is 19.8. The summed E-state index contributed by atoms with van der Waals surface area (Å²) in [6, 6.07) is 8.51. The number of nitrogens with one attached hydrogen (secondary N) is 1. The summed E-state index contributed by atoms with van der Waals surface area (Å²) in [4.78, 5) is 11.1. The zero-order chi connectivity index (χ0) is 19.6. The van der Waals surface area contributed by atoms with Crippen molar-refractivity contribution in [2.45, 2.75) is 39.3 Å². The molecule has 0 saturated carbocycles. The lowest BCUT2D eigenvalue weighted by Crippen LogP contribution is -2.40. The van der Waals surface area contributed by atoms with Crippen molar-refractivity contribution in [2.75, 3.05) is 33.4 Å². The second-order valence-electron chi connectivity index (χ2n) is 7.35. The van der Waals surface area contributed by atoms with E-state index in [4.69, 9.17) is 9.73 Å². The van der Waals surface area contributed by atoms with Gasteiger partial charge in [0.25, 0.3) is 0 Å². The van der Waals surface area contributed by atoms with E-state index in [9.17, 15) is 0 Å². The van der Waals surface area contributed by atoms with Crippen molar-refractivity contribution in [2.24, 2.45) is 10.9 Å². The van der Waals surface area contributed by atoms with Crippen LogP contribution in [-0.2, 0) is 17.8 Å². The Balaban J connectivity index is 0.00000300. The Kier molecular flexibility index (Phi) is 10.4. The zero-order valence-electron chi connectivity index (χ0n) is 17.5. The van der Waals surface area contributed by atoms with Crippen LogP contribution in [0, 0.1) is 5.92 Å². The van der Waals surface area contributed by atoms with Gasteiger partial charge in [-0.15, -0.1) is 24.0 Å². The highest BCUT2D eigenvalue weighted by molar-refractivity contribution is 14.0. The quantitative estimate of drug-likeness (QED) is 0.335. The Bertz CT molecular complexity index is 731. The molecule has 0 amide bonds. The van der Waals surface area contributed by atoms with E-state index in [-0.39, 0.29) is 24.0 Å². The number of aliphatic imine (C=N–C) groups is 1. The lowest BCUT2D eigenvalue weighted by atomic mass is 9.96. The minimum absolute atomic E-state index is 0. The summed E-state index contributed by atoms with van der Waals surface area (Å²) in [6.45, 7) is 7.20. The first-order chi connectivity index (χ1) is 13.7. The molecule has 8 heteroatoms. The summed E-state index contributed by atoms with van der Waals surface area (Å²) in [5.41, 5.74) is 2.40. The Morgan fingerprint density at radius 2 is 2.10 bits per heavy atom. The molecule has 0 atom stereocenters. The number of guanidine groups is 1. The van der Waals surface area contributed by atoms with Gasteiger partial charge in [-0.25, -0.2) is 14.7 Å². The molecule has 1 aromatic carbocycles. The molecule has 0 bridgehead atoms. The van der Waals surface area contributed by atoms with E-state index in [0.29, 0.717) is 6.54 Å². The molecule has 0 unspecified atom stereocenters. The Morgan fingerprint density at radius 1 is 1.31 bits per heavy atom. The number of halogens is 1. The van der Waals surface area contributed by atoms with E-state index in [1.807, 2.05) is 4.68 Å². The number of ether oxygens (including phenoxy) is 1. The maximum Gasteiger partial charge on any atom is 0.193 e. The molecule has 1 fully saturated rings. The van der Waals surface area contributed by atoms with Crippen LogP contribution < -0.4 is 5.32 Å². The van der Waals surface area contributed by atoms with Crippen LogP contribution in [0.2, 0.25) is 0 Å². The fourth-order valence-electron chi connectivity index (χ4n) is 3.48. The second-order valence-corrected chi connectivity index (χ2v) is 7.35. The van der Waals surface area contributed by atoms with E-state index >= 15 is 0 Å². The van der Waals surface area contributed by atoms with Gasteiger partial charge in [-0.3, -0.25) is 0 Å². The maximum atomic E-state index is 5.46. The minimum Gasteiger partial charge on any atom is -0.381 e. The molecular weight excluding hydrogens is 479 g/mol. The average molecular weight is 512 g/mol. The second kappa shape index (κ2) is 12.8. The van der Waals surface area contributed by atoms with E-state index in [1.165, 1.54) is 30.4 Å². The first-order valence-electron chi connectivity index (χ1n) is 10.2. The van der Waals surface area contributed by atoms with Gasteiger partial charge in [0.1, 0.15) is 12.7 Å². The Labute approximate surface area is 191 Å². The lowest BCUT2D eigenvalue weighted by Gasteiger charge is -2.26. The summed E-state index contributed by atoms with van der Waals surface area (Å²) in [5, 5.41) is 7.60. The molecule has 1 aliphatic heterocycles. The van der Waals surface area contributed by atoms with Crippen LogP contribution in [0.3, 0.4) is 0 Å². The van der Waals surface area contributed by atoms with E-state index in [0.717, 1.165) is 44.7 Å². The van der Waals surface area contributed by atoms with Crippen molar-refractivity contribution in [3.8, 4) is 0 Å². The van der Waals surface area contributed by atoms with Crippen LogP contribution in [0.5, 0.6) is 0 Å². The fourth-order valence-corrected chi connectivity index (χ4v) is 3.48. The van der Waals surface area contributed by atoms with Gasteiger partial charge in [0.15, 0.2) is 5.96 Å². The molecule has 2 heterocycles. The molecule has 0 radical (unpaired) electrons. The third-order valence-corrected chi connectivity index (χ3v) is 5.12. The highest BCUT2D eigenvalue weighted by Crippen LogP contribution is 2.18. The van der Waals surface area contributed by atoms with Gasteiger partial charge in [-0.1, -0.05) is 24.3 Å². The van der Waals surface area contributed by atoms with Crippen molar-refractivity contribution in [1.29, 1.82) is 0 Å². The summed E-state index contributed by atoms with van der Waals surface area (Å²) in [6.07, 6.45) is 6.85. The molecule has 7 nitrogen and oxygen atoms in total. The maximum absolute atomic E-state index is 5.46. The first-order valence-corrected chi connectivity index (χ1v) is 10.2. The predicted octanol–water partition coefficient (Wildman–Crippen LogP) is 3.16. The smallest absolute Gasteiger partial charge is 0.193 e. The monoisotopic (exact) mass is 512 g/mol. The molecule has 0 spiro atoms. The van der Waals surface area contributed by atoms with Crippen molar-refractivity contribution in [1.82, 2.24) is 25.0 Å². The van der Waals surface area contributed by atoms with Gasteiger partial charge in [0, 0.05) is 33.4 Å². The number of nitrogens with zero attached hydrogens (tertiary/aromatic N) is 5. The highest BCUT2D eigenvalue weighted by atomic mass is 127. The van der Waals surface area contributed by atoms with Gasteiger partial charge in [-0.2, -0.15) is 5.10 Å². The first kappa shape index (κ1) is 23.6. The van der Waals surface area contributed by atoms with Crippen molar-refractivity contribution >= 4 is 29.9 Å². The summed E-state index contributed by atoms with van der Waals surface area (Å²) < 4.78 is 7.29. The molecule has 1 saturated heterocycles. The van der Waals surface area contributed by atoms with Gasteiger partial charge in [0.05, 0.1) is 13.1 Å². The summed E-state index contributed by atoms with van der Waals surface area (Å²) >= 11 is 0. The highest BCUT2D eigenvalue weighted by Gasteiger charge is 2.15. The van der Waals surface area contributed by atoms with E-state index in [2.05, 4.69) is 58.5 Å². The normalized spacial score (nSPS) is 15.0. The molecule has 0 aliphatic carbocycles. The minimum atomic E-state index is 0. The third kappa shape index (κ3) is 7.93. The molecule has 3 rings (SSSR count). The molecule has 2 aromatic rings. The standard InChI is InChI=1S/C21H32N6O.HI/c1-3-23-21(26(2)10-7-18-8-11-28-12-9-18)24-14-19-5-4-6-20(13-19)15-27-17-22-16-25-27;/h4-6,13,16-18H,3,7-12,14-15H2,1-2H3,(H,23,24);1H. The van der Waals surface area contributed by atoms with Gasteiger partial charge in [0.2, 0.25) is 0 Å². The molecular formula is C21H33IN6O. The molecule has 1 aromatic heterocycles. The van der Waals surface area contributed by atoms with Crippen LogP contribution in [0.15, 0.2) is 41.9 Å². The van der Waals surface area contributed by atoms with E-state index < -0.39 is 0 Å². The van der Waals surface area contributed by atoms with Crippen LogP contribution in [0.1, 0.15) is 37.3 Å². The largest absolute Gasteiger partial charge is 0.381 e. The van der Waals surface area contributed by atoms with Crippen molar-refractivity contribution in [3.05, 3.63) is 48.0 Å². The van der Waals surface area contributed by atoms with Crippen LogP contribution >= 0.6 is 24.0 Å². The molecule has 1 aliphatic rings. The number of hydrogen-bond donors (Lipinski definition) is 1. The number of aromatic nitrogens is 3. The lowest BCUT2D eigenvalue weighted by molar-refractivity contribution is 0.0625. The summed E-state index contributed by atoms with van der Waals surface area (Å²) in [7, 11) is 2.13. The fraction of sp³-hybridized carbons (Fsp3) is 0.571. The predicted molar refractivity (Wildman–Crippen MR) is 127 cm³/mol. The van der Waals surface area contributed by atoms with Crippen LogP contribution in [-0.4, -0.2) is 59.0 Å². The van der Waals surface area contributed by atoms with Crippen LogP contribution in [0.4, 0.5) is 0 Å². The van der Waals surface area contributed by atoms with Crippen LogP contribution in [0.25, 0.3) is 0 Å². The number of rotatable bonds is 8. The Morgan fingerprint density at radius 3 is 2.83 bits per heavy atom. The SMILES string of the molecule is CCNC(=NCc1cccc(Cn2cncn2)c1)N(C)CCC1CCOCC1.I. The summed E-state index contributed by atoms with van der Waals surface area (Å²) in [5.74, 6) is 1.74. The van der Waals surface area contributed by atoms with Gasteiger partial charge < -0.3 is 15.0 Å². The van der Waals surface area contributed by atoms with Gasteiger partial charge in [-0.05, 0) is 43.2 Å². The van der Waals surface area contributed by atoms with Crippen molar-refractivity contribution in [3.63, 3.8) is 0 Å². The molecule has 29 heavy (non-hydrogen) atoms. The number of benzene rings is 1. The topological polar surface area (TPSA) is 67.6 Å². The molecule has 1 N–H and O–H groups in total. The van der Waals surface area contributed by atoms with Gasteiger partial charge >= 0.3 is 0 Å².